The molecule has 1 aliphatic heterocycles. The van der Waals surface area contributed by atoms with Gasteiger partial charge in [-0.3, -0.25) is 4.79 Å². The number of carbonyl (C=O) groups is 1. The van der Waals surface area contributed by atoms with E-state index in [1.807, 2.05) is 0 Å². The smallest absolute Gasteiger partial charge is 0.232 e. The van der Waals surface area contributed by atoms with Crippen LogP contribution in [0.15, 0.2) is 18.2 Å². The van der Waals surface area contributed by atoms with Crippen molar-refractivity contribution >= 4 is 11.6 Å². The molecule has 1 amide bonds. The summed E-state index contributed by atoms with van der Waals surface area (Å²) >= 11 is 0. The lowest BCUT2D eigenvalue weighted by atomic mass is 9.93. The summed E-state index contributed by atoms with van der Waals surface area (Å²) in [5, 5.41) is 2.86. The highest BCUT2D eigenvalue weighted by Gasteiger charge is 2.32. The monoisotopic (exact) mass is 358 g/mol. The van der Waals surface area contributed by atoms with Gasteiger partial charge in [0.05, 0.1) is 5.92 Å². The number of aryl methyl sites for hydroxylation is 1. The minimum Gasteiger partial charge on any atom is -0.385 e. The highest BCUT2D eigenvalue weighted by Crippen LogP contribution is 2.36. The van der Waals surface area contributed by atoms with Crippen LogP contribution < -0.4 is 5.32 Å². The summed E-state index contributed by atoms with van der Waals surface area (Å²) in [4.78, 5) is 15.8. The number of hydrogen-bond acceptors (Lipinski definition) is 2. The maximum absolute atomic E-state index is 13.6. The van der Waals surface area contributed by atoms with Gasteiger partial charge in [0, 0.05) is 37.2 Å². The van der Waals surface area contributed by atoms with E-state index in [0.29, 0.717) is 6.42 Å². The third kappa shape index (κ3) is 3.83. The van der Waals surface area contributed by atoms with Gasteiger partial charge in [-0.05, 0) is 68.0 Å². The van der Waals surface area contributed by atoms with Gasteiger partial charge in [-0.1, -0.05) is 6.42 Å². The maximum atomic E-state index is 13.6. The molecule has 2 heterocycles. The predicted octanol–water partition coefficient (Wildman–Crippen LogP) is 4.41. The number of methoxy groups -OCH3 is 1. The first-order chi connectivity index (χ1) is 12.5. The highest BCUT2D eigenvalue weighted by atomic mass is 19.1. The van der Waals surface area contributed by atoms with Crippen molar-refractivity contribution in [3.63, 3.8) is 0 Å². The number of carbonyl (C=O) groups excluding carboxylic acids is 1. The number of anilines is 1. The van der Waals surface area contributed by atoms with Crippen LogP contribution in [0.2, 0.25) is 0 Å². The van der Waals surface area contributed by atoms with Crippen LogP contribution in [0, 0.1) is 19.7 Å². The average Bonchev–Trinajstić information content (AvgIpc) is 3.05. The van der Waals surface area contributed by atoms with E-state index in [0.717, 1.165) is 49.2 Å². The molecule has 0 fully saturated rings. The molecular weight excluding hydrogens is 331 g/mol. The Bertz CT molecular complexity index is 798. The highest BCUT2D eigenvalue weighted by molar-refractivity contribution is 6.03. The lowest BCUT2D eigenvalue weighted by Crippen LogP contribution is -2.15. The number of hydrogen-bond donors (Lipinski definition) is 2. The summed E-state index contributed by atoms with van der Waals surface area (Å²) in [5.41, 5.74) is 6.29. The van der Waals surface area contributed by atoms with Gasteiger partial charge in [-0.15, -0.1) is 0 Å². The van der Waals surface area contributed by atoms with Gasteiger partial charge in [0.2, 0.25) is 5.91 Å². The van der Waals surface area contributed by atoms with Gasteiger partial charge >= 0.3 is 0 Å². The number of rotatable bonds is 8. The molecule has 3 rings (SSSR count). The van der Waals surface area contributed by atoms with E-state index < -0.39 is 0 Å². The lowest BCUT2D eigenvalue weighted by Gasteiger charge is -2.09. The molecule has 0 spiro atoms. The number of unbranched alkanes of at least 4 members (excludes halogenated alkanes) is 2. The fourth-order valence-corrected chi connectivity index (χ4v) is 3.87. The van der Waals surface area contributed by atoms with Crippen LogP contribution >= 0.6 is 0 Å². The van der Waals surface area contributed by atoms with Crippen molar-refractivity contribution in [1.29, 1.82) is 0 Å². The summed E-state index contributed by atoms with van der Waals surface area (Å²) in [5.74, 6) is -0.702. The topological polar surface area (TPSA) is 54.1 Å². The zero-order valence-electron chi connectivity index (χ0n) is 15.7. The second-order valence-corrected chi connectivity index (χ2v) is 7.11. The van der Waals surface area contributed by atoms with Crippen molar-refractivity contribution in [1.82, 2.24) is 4.98 Å². The van der Waals surface area contributed by atoms with E-state index in [4.69, 9.17) is 4.74 Å². The molecule has 2 N–H and O–H groups in total. The molecule has 26 heavy (non-hydrogen) atoms. The fourth-order valence-electron chi connectivity index (χ4n) is 3.87. The second-order valence-electron chi connectivity index (χ2n) is 7.11. The van der Waals surface area contributed by atoms with Gasteiger partial charge in [-0.25, -0.2) is 4.39 Å². The van der Waals surface area contributed by atoms with E-state index in [1.54, 1.807) is 13.2 Å². The van der Waals surface area contributed by atoms with Gasteiger partial charge < -0.3 is 15.0 Å². The Kier molecular flexibility index (Phi) is 5.77. The number of aromatic nitrogens is 1. The first kappa shape index (κ1) is 18.6. The number of nitrogens with one attached hydrogen (secondary N) is 2. The largest absolute Gasteiger partial charge is 0.385 e. The molecule has 0 aliphatic carbocycles. The number of amides is 1. The molecule has 5 heteroatoms. The zero-order valence-corrected chi connectivity index (χ0v) is 15.7. The summed E-state index contributed by atoms with van der Waals surface area (Å²) in [6.45, 7) is 5.01. The molecule has 1 aromatic heterocycles. The van der Waals surface area contributed by atoms with Crippen LogP contribution in [0.25, 0.3) is 0 Å². The second kappa shape index (κ2) is 8.04. The van der Waals surface area contributed by atoms with Crippen molar-refractivity contribution in [2.45, 2.75) is 51.9 Å². The standard InChI is InChI=1S/C21H27FN2O2/c1-13-16(7-5-4-6-10-26-3)14(2)23-20(13)12-18-17-11-15(22)8-9-19(17)24-21(18)25/h8-9,11,18,23H,4-7,10,12H2,1-3H3,(H,24,25). The Morgan fingerprint density at radius 1 is 1.19 bits per heavy atom. The van der Waals surface area contributed by atoms with Crippen LogP contribution in [0.5, 0.6) is 0 Å². The minimum absolute atomic E-state index is 0.0571. The average molecular weight is 358 g/mol. The maximum Gasteiger partial charge on any atom is 0.232 e. The molecule has 1 aliphatic rings. The Balaban J connectivity index is 1.72. The molecule has 140 valence electrons. The van der Waals surface area contributed by atoms with Crippen molar-refractivity contribution in [3.8, 4) is 0 Å². The molecule has 0 saturated carbocycles. The van der Waals surface area contributed by atoms with Gasteiger partial charge in [-0.2, -0.15) is 0 Å². The Morgan fingerprint density at radius 3 is 2.77 bits per heavy atom. The van der Waals surface area contributed by atoms with Crippen LogP contribution in [0.4, 0.5) is 10.1 Å². The molecule has 0 saturated heterocycles. The zero-order chi connectivity index (χ0) is 18.7. The minimum atomic E-state index is -0.341. The van der Waals surface area contributed by atoms with Crippen LogP contribution in [-0.4, -0.2) is 24.6 Å². The molecule has 0 radical (unpaired) electrons. The van der Waals surface area contributed by atoms with E-state index in [9.17, 15) is 9.18 Å². The Morgan fingerprint density at radius 2 is 2.00 bits per heavy atom. The third-order valence-electron chi connectivity index (χ3n) is 5.34. The number of halogens is 1. The van der Waals surface area contributed by atoms with Gasteiger partial charge in [0.15, 0.2) is 0 Å². The summed E-state index contributed by atoms with van der Waals surface area (Å²) in [7, 11) is 1.73. The Hall–Kier alpha value is -2.14. The predicted molar refractivity (Wildman–Crippen MR) is 101 cm³/mol. The Labute approximate surface area is 154 Å². The van der Waals surface area contributed by atoms with Crippen molar-refractivity contribution in [2.24, 2.45) is 0 Å². The van der Waals surface area contributed by atoms with Crippen molar-refractivity contribution < 1.29 is 13.9 Å². The molecule has 1 unspecified atom stereocenters. The van der Waals surface area contributed by atoms with Crippen molar-refractivity contribution in [2.75, 3.05) is 19.0 Å². The number of benzene rings is 1. The first-order valence-electron chi connectivity index (χ1n) is 9.27. The quantitative estimate of drug-likeness (QED) is 0.687. The normalized spacial score (nSPS) is 16.0. The van der Waals surface area contributed by atoms with E-state index in [1.165, 1.54) is 29.0 Å². The molecule has 2 aromatic rings. The SMILES string of the molecule is COCCCCCc1c(C)[nH]c(CC2C(=O)Nc3ccc(F)cc32)c1C. The van der Waals surface area contributed by atoms with E-state index >= 15 is 0 Å². The first-order valence-corrected chi connectivity index (χ1v) is 9.27. The number of ether oxygens (including phenoxy) is 1. The third-order valence-corrected chi connectivity index (χ3v) is 5.34. The summed E-state index contributed by atoms with van der Waals surface area (Å²) in [6.07, 6.45) is 4.94. The fraction of sp³-hybridized carbons (Fsp3) is 0.476. The van der Waals surface area contributed by atoms with Gasteiger partial charge in [0.1, 0.15) is 5.82 Å². The molecule has 1 atom stereocenters. The number of fused-ring (bicyclic) bond motifs is 1. The molecule has 1 aromatic carbocycles. The van der Waals surface area contributed by atoms with Gasteiger partial charge in [0.25, 0.3) is 0 Å². The van der Waals surface area contributed by atoms with Crippen molar-refractivity contribution in [3.05, 3.63) is 52.1 Å². The number of aromatic amines is 1. The van der Waals surface area contributed by atoms with Crippen LogP contribution in [0.3, 0.4) is 0 Å². The van der Waals surface area contributed by atoms with Crippen LogP contribution in [-0.2, 0) is 22.4 Å². The van der Waals surface area contributed by atoms with Crippen LogP contribution in [0.1, 0.15) is 53.3 Å². The molecule has 0 bridgehead atoms. The molecule has 4 nitrogen and oxygen atoms in total. The summed E-state index contributed by atoms with van der Waals surface area (Å²) in [6, 6.07) is 4.49. The summed E-state index contributed by atoms with van der Waals surface area (Å²) < 4.78 is 18.7. The lowest BCUT2D eigenvalue weighted by molar-refractivity contribution is -0.117. The van der Waals surface area contributed by atoms with E-state index in [2.05, 4.69) is 24.1 Å². The number of H-pyrrole nitrogens is 1. The van der Waals surface area contributed by atoms with E-state index in [-0.39, 0.29) is 17.6 Å². The molecular formula is C21H27FN2O2.